The minimum absolute atomic E-state index is 0.212. The summed E-state index contributed by atoms with van der Waals surface area (Å²) in [7, 11) is 0. The molecule has 80 valence electrons. The molecule has 1 aromatic heterocycles. The van der Waals surface area contributed by atoms with Gasteiger partial charge in [-0.2, -0.15) is 0 Å². The minimum atomic E-state index is 0.212. The van der Waals surface area contributed by atoms with Gasteiger partial charge in [-0.3, -0.25) is 0 Å². The molecule has 0 unspecified atom stereocenters. The molecule has 0 aliphatic carbocycles. The number of benzene rings is 2. The van der Waals surface area contributed by atoms with Crippen LogP contribution in [0.25, 0.3) is 21.9 Å². The maximum absolute atomic E-state index is 9.83. The number of fused-ring (bicyclic) bond motifs is 3. The average molecular weight is 212 g/mol. The Balaban J connectivity index is 2.57. The van der Waals surface area contributed by atoms with Gasteiger partial charge in [-0.1, -0.05) is 11.6 Å². The first kappa shape index (κ1) is 9.28. The number of hydrogen-bond donors (Lipinski definition) is 1. The molecule has 2 aromatic carbocycles. The van der Waals surface area contributed by atoms with Crippen LogP contribution in [0, 0.1) is 13.8 Å². The third kappa shape index (κ3) is 1.20. The molecule has 0 aliphatic rings. The second-order valence-electron chi connectivity index (χ2n) is 4.26. The number of aryl methyl sites for hydroxylation is 2. The minimum Gasteiger partial charge on any atom is -0.504 e. The van der Waals surface area contributed by atoms with Crippen molar-refractivity contribution in [2.45, 2.75) is 13.8 Å². The Morgan fingerprint density at radius 2 is 1.69 bits per heavy atom. The van der Waals surface area contributed by atoms with E-state index in [4.69, 9.17) is 4.42 Å². The molecule has 2 heteroatoms. The molecule has 0 fully saturated rings. The zero-order chi connectivity index (χ0) is 11.3. The van der Waals surface area contributed by atoms with Crippen LogP contribution in [0.3, 0.4) is 0 Å². The van der Waals surface area contributed by atoms with Crippen molar-refractivity contribution in [3.63, 3.8) is 0 Å². The van der Waals surface area contributed by atoms with Gasteiger partial charge in [0.15, 0.2) is 11.3 Å². The van der Waals surface area contributed by atoms with Crippen LogP contribution in [-0.4, -0.2) is 5.11 Å². The number of hydrogen-bond acceptors (Lipinski definition) is 2. The van der Waals surface area contributed by atoms with E-state index in [0.29, 0.717) is 5.58 Å². The van der Waals surface area contributed by atoms with Crippen molar-refractivity contribution in [3.8, 4) is 5.75 Å². The lowest BCUT2D eigenvalue weighted by atomic mass is 10.1. The standard InChI is InChI=1S/C14H12O2/c1-8-3-4-13-10(5-8)11-6-9(2)7-12(15)14(11)16-13/h3-7,15H,1-2H3. The lowest BCUT2D eigenvalue weighted by Crippen LogP contribution is -1.74. The fourth-order valence-electron chi connectivity index (χ4n) is 2.11. The predicted molar refractivity (Wildman–Crippen MR) is 64.9 cm³/mol. The Bertz CT molecular complexity index is 693. The molecule has 0 saturated carbocycles. The Hall–Kier alpha value is -1.96. The van der Waals surface area contributed by atoms with E-state index in [2.05, 4.69) is 6.07 Å². The lowest BCUT2D eigenvalue weighted by molar-refractivity contribution is 0.468. The van der Waals surface area contributed by atoms with Crippen LogP contribution in [0.15, 0.2) is 34.7 Å². The maximum atomic E-state index is 9.83. The van der Waals surface area contributed by atoms with Crippen molar-refractivity contribution in [2.24, 2.45) is 0 Å². The second-order valence-corrected chi connectivity index (χ2v) is 4.26. The summed E-state index contributed by atoms with van der Waals surface area (Å²) in [5, 5.41) is 11.9. The summed E-state index contributed by atoms with van der Waals surface area (Å²) in [6.45, 7) is 4.02. The summed E-state index contributed by atoms with van der Waals surface area (Å²) < 4.78 is 5.64. The van der Waals surface area contributed by atoms with E-state index in [0.717, 1.165) is 21.9 Å². The van der Waals surface area contributed by atoms with Gasteiger partial charge in [0.1, 0.15) is 5.58 Å². The molecule has 0 saturated heterocycles. The molecule has 3 rings (SSSR count). The molecule has 0 amide bonds. The molecule has 3 aromatic rings. The average Bonchev–Trinajstić information content (AvgIpc) is 2.57. The summed E-state index contributed by atoms with van der Waals surface area (Å²) in [5.74, 6) is 0.212. The van der Waals surface area contributed by atoms with Crippen LogP contribution in [0.2, 0.25) is 0 Å². The largest absolute Gasteiger partial charge is 0.504 e. The van der Waals surface area contributed by atoms with Gasteiger partial charge in [-0.25, -0.2) is 0 Å². The quantitative estimate of drug-likeness (QED) is 0.613. The normalized spacial score (nSPS) is 11.4. The Labute approximate surface area is 93.1 Å². The molecule has 0 bridgehead atoms. The Morgan fingerprint density at radius 3 is 2.50 bits per heavy atom. The van der Waals surface area contributed by atoms with E-state index in [1.54, 1.807) is 6.07 Å². The topological polar surface area (TPSA) is 33.4 Å². The molecule has 1 N–H and O–H groups in total. The monoisotopic (exact) mass is 212 g/mol. The molecular formula is C14H12O2. The zero-order valence-electron chi connectivity index (χ0n) is 9.24. The third-order valence-electron chi connectivity index (χ3n) is 2.85. The van der Waals surface area contributed by atoms with E-state index in [1.807, 2.05) is 32.0 Å². The van der Waals surface area contributed by atoms with Crippen molar-refractivity contribution in [2.75, 3.05) is 0 Å². The first-order chi connectivity index (χ1) is 7.65. The number of rotatable bonds is 0. The van der Waals surface area contributed by atoms with E-state index < -0.39 is 0 Å². The van der Waals surface area contributed by atoms with Crippen LogP contribution in [0.1, 0.15) is 11.1 Å². The second kappa shape index (κ2) is 3.01. The number of aromatic hydroxyl groups is 1. The van der Waals surface area contributed by atoms with E-state index in [1.165, 1.54) is 5.56 Å². The van der Waals surface area contributed by atoms with Crippen LogP contribution in [0.4, 0.5) is 0 Å². The third-order valence-corrected chi connectivity index (χ3v) is 2.85. The molecule has 16 heavy (non-hydrogen) atoms. The molecular weight excluding hydrogens is 200 g/mol. The molecule has 0 radical (unpaired) electrons. The fraction of sp³-hybridized carbons (Fsp3) is 0.143. The SMILES string of the molecule is Cc1ccc2oc3c(O)cc(C)cc3c2c1. The van der Waals surface area contributed by atoms with Crippen LogP contribution in [0.5, 0.6) is 5.75 Å². The van der Waals surface area contributed by atoms with Gasteiger partial charge in [0.05, 0.1) is 0 Å². The number of phenols is 1. The van der Waals surface area contributed by atoms with Gasteiger partial charge in [0, 0.05) is 10.8 Å². The van der Waals surface area contributed by atoms with Crippen molar-refractivity contribution in [1.29, 1.82) is 0 Å². The summed E-state index contributed by atoms with van der Waals surface area (Å²) in [6.07, 6.45) is 0. The summed E-state index contributed by atoms with van der Waals surface area (Å²) in [5.41, 5.74) is 3.62. The van der Waals surface area contributed by atoms with Gasteiger partial charge in [0.2, 0.25) is 0 Å². The van der Waals surface area contributed by atoms with E-state index in [9.17, 15) is 5.11 Å². The highest BCUT2D eigenvalue weighted by Crippen LogP contribution is 2.35. The molecule has 0 aliphatic heterocycles. The van der Waals surface area contributed by atoms with E-state index >= 15 is 0 Å². The van der Waals surface area contributed by atoms with Gasteiger partial charge in [-0.05, 0) is 43.7 Å². The Kier molecular flexibility index (Phi) is 1.75. The van der Waals surface area contributed by atoms with Crippen LogP contribution in [-0.2, 0) is 0 Å². The number of furan rings is 1. The molecule has 1 heterocycles. The first-order valence-corrected chi connectivity index (χ1v) is 5.27. The van der Waals surface area contributed by atoms with Gasteiger partial charge in [-0.15, -0.1) is 0 Å². The molecule has 0 atom stereocenters. The summed E-state index contributed by atoms with van der Waals surface area (Å²) in [4.78, 5) is 0. The van der Waals surface area contributed by atoms with Gasteiger partial charge >= 0.3 is 0 Å². The smallest absolute Gasteiger partial charge is 0.177 e. The van der Waals surface area contributed by atoms with Crippen LogP contribution >= 0.6 is 0 Å². The molecule has 2 nitrogen and oxygen atoms in total. The van der Waals surface area contributed by atoms with Crippen molar-refractivity contribution in [3.05, 3.63) is 41.5 Å². The highest BCUT2D eigenvalue weighted by molar-refractivity contribution is 6.07. The van der Waals surface area contributed by atoms with Crippen molar-refractivity contribution < 1.29 is 9.52 Å². The fourth-order valence-corrected chi connectivity index (χ4v) is 2.11. The van der Waals surface area contributed by atoms with E-state index in [-0.39, 0.29) is 5.75 Å². The maximum Gasteiger partial charge on any atom is 0.177 e. The highest BCUT2D eigenvalue weighted by Gasteiger charge is 2.10. The molecule has 0 spiro atoms. The van der Waals surface area contributed by atoms with Gasteiger partial charge in [0.25, 0.3) is 0 Å². The first-order valence-electron chi connectivity index (χ1n) is 5.27. The lowest BCUT2D eigenvalue weighted by Gasteiger charge is -1.96. The Morgan fingerprint density at radius 1 is 0.938 bits per heavy atom. The number of phenolic OH excluding ortho intramolecular Hbond substituents is 1. The van der Waals surface area contributed by atoms with Crippen molar-refractivity contribution >= 4 is 21.9 Å². The summed E-state index contributed by atoms with van der Waals surface area (Å²) in [6, 6.07) is 9.80. The van der Waals surface area contributed by atoms with Gasteiger partial charge < -0.3 is 9.52 Å². The highest BCUT2D eigenvalue weighted by atomic mass is 16.4. The van der Waals surface area contributed by atoms with Crippen LogP contribution < -0.4 is 0 Å². The zero-order valence-corrected chi connectivity index (χ0v) is 9.24. The van der Waals surface area contributed by atoms with Crippen molar-refractivity contribution in [1.82, 2.24) is 0 Å². The summed E-state index contributed by atoms with van der Waals surface area (Å²) >= 11 is 0. The predicted octanol–water partition coefficient (Wildman–Crippen LogP) is 3.91.